The quantitative estimate of drug-likeness (QED) is 0.663. The van der Waals surface area contributed by atoms with E-state index in [1.807, 2.05) is 42.0 Å². The van der Waals surface area contributed by atoms with E-state index in [9.17, 15) is 4.79 Å². The number of nitrogens with zero attached hydrogens (tertiary/aromatic N) is 2. The highest BCUT2D eigenvalue weighted by Crippen LogP contribution is 2.10. The van der Waals surface area contributed by atoms with Crippen molar-refractivity contribution in [3.63, 3.8) is 0 Å². The normalized spacial score (nSPS) is 14.3. The first-order chi connectivity index (χ1) is 7.72. The molecule has 1 amide bonds. The Kier molecular flexibility index (Phi) is 4.65. The van der Waals surface area contributed by atoms with Crippen LogP contribution in [0.5, 0.6) is 0 Å². The lowest BCUT2D eigenvalue weighted by Gasteiger charge is -2.26. The summed E-state index contributed by atoms with van der Waals surface area (Å²) >= 11 is 0. The van der Waals surface area contributed by atoms with Crippen molar-refractivity contribution < 1.29 is 4.79 Å². The lowest BCUT2D eigenvalue weighted by atomic mass is 10.1. The van der Waals surface area contributed by atoms with E-state index in [1.165, 1.54) is 0 Å². The van der Waals surface area contributed by atoms with Crippen LogP contribution in [0.4, 0.5) is 0 Å². The number of amides is 1. The summed E-state index contributed by atoms with van der Waals surface area (Å²) in [6.07, 6.45) is 10.9. The number of allylic oxidation sites excluding steroid dienone is 2. The lowest BCUT2D eigenvalue weighted by Crippen LogP contribution is -2.36. The summed E-state index contributed by atoms with van der Waals surface area (Å²) in [7, 11) is 0. The Balaban J connectivity index is 2.68. The van der Waals surface area contributed by atoms with Gasteiger partial charge in [0, 0.05) is 31.4 Å². The predicted molar refractivity (Wildman–Crippen MR) is 65.6 cm³/mol. The first kappa shape index (κ1) is 12.4. The average Bonchev–Trinajstić information content (AvgIpc) is 2.31. The smallest absolute Gasteiger partial charge is 0.251 e. The van der Waals surface area contributed by atoms with Gasteiger partial charge in [0.05, 0.1) is 6.54 Å². The number of hydrogen-bond acceptors (Lipinski definition) is 2. The van der Waals surface area contributed by atoms with Gasteiger partial charge in [-0.25, -0.2) is 0 Å². The highest BCUT2D eigenvalue weighted by molar-refractivity contribution is 5.94. The van der Waals surface area contributed by atoms with Crippen LogP contribution in [0.3, 0.4) is 0 Å². The predicted octanol–water partition coefficient (Wildman–Crippen LogP) is 1.24. The fourth-order valence-corrected chi connectivity index (χ4v) is 1.68. The summed E-state index contributed by atoms with van der Waals surface area (Å²) in [4.78, 5) is 15.8. The second-order valence-corrected chi connectivity index (χ2v) is 3.62. The van der Waals surface area contributed by atoms with Crippen LogP contribution >= 0.6 is 0 Å². The first-order valence-corrected chi connectivity index (χ1v) is 5.57. The molecule has 0 unspecified atom stereocenters. The Morgan fingerprint density at radius 3 is 2.81 bits per heavy atom. The van der Waals surface area contributed by atoms with E-state index in [4.69, 9.17) is 6.42 Å². The number of likely N-dealkylation sites (N-methyl/N-ethyl adjacent to an activating group) is 1. The van der Waals surface area contributed by atoms with Gasteiger partial charge in [-0.05, 0) is 19.9 Å². The molecule has 0 bridgehead atoms. The van der Waals surface area contributed by atoms with Crippen LogP contribution in [-0.4, -0.2) is 41.9 Å². The fourth-order valence-electron chi connectivity index (χ4n) is 1.68. The minimum absolute atomic E-state index is 0.108. The molecule has 0 atom stereocenters. The maximum absolute atomic E-state index is 12.1. The van der Waals surface area contributed by atoms with E-state index < -0.39 is 0 Å². The van der Waals surface area contributed by atoms with Gasteiger partial charge in [-0.3, -0.25) is 4.79 Å². The molecule has 1 rings (SSSR count). The standard InChI is InChI=1S/C13H18N2O/c1-4-9-14-10-7-8-12(11-14)13(16)15(5-2)6-3/h1,7-8,10H,5-6,9,11H2,2-3H3. The van der Waals surface area contributed by atoms with Gasteiger partial charge in [-0.1, -0.05) is 12.0 Å². The molecular weight excluding hydrogens is 200 g/mol. The van der Waals surface area contributed by atoms with Crippen LogP contribution < -0.4 is 0 Å². The second-order valence-electron chi connectivity index (χ2n) is 3.62. The van der Waals surface area contributed by atoms with Crippen molar-refractivity contribution >= 4 is 5.91 Å². The number of carbonyl (C=O) groups excluding carboxylic acids is 1. The maximum atomic E-state index is 12.1. The van der Waals surface area contributed by atoms with Gasteiger partial charge >= 0.3 is 0 Å². The van der Waals surface area contributed by atoms with Crippen molar-refractivity contribution in [3.8, 4) is 12.3 Å². The molecule has 0 fully saturated rings. The van der Waals surface area contributed by atoms with E-state index in [2.05, 4.69) is 5.92 Å². The molecule has 0 saturated heterocycles. The van der Waals surface area contributed by atoms with Crippen LogP contribution in [-0.2, 0) is 4.79 Å². The summed E-state index contributed by atoms with van der Waals surface area (Å²) in [5.74, 6) is 2.68. The molecule has 0 aromatic heterocycles. The largest absolute Gasteiger partial charge is 0.362 e. The van der Waals surface area contributed by atoms with E-state index in [-0.39, 0.29) is 5.91 Å². The number of rotatable bonds is 4. The third-order valence-corrected chi connectivity index (χ3v) is 2.59. The van der Waals surface area contributed by atoms with E-state index in [0.29, 0.717) is 13.1 Å². The van der Waals surface area contributed by atoms with Crippen molar-refractivity contribution in [1.82, 2.24) is 9.80 Å². The van der Waals surface area contributed by atoms with E-state index in [0.717, 1.165) is 18.7 Å². The zero-order valence-corrected chi connectivity index (χ0v) is 9.94. The molecule has 0 N–H and O–H groups in total. The third-order valence-electron chi connectivity index (χ3n) is 2.59. The second kappa shape index (κ2) is 6.02. The summed E-state index contributed by atoms with van der Waals surface area (Å²) < 4.78 is 0. The van der Waals surface area contributed by atoms with Crippen LogP contribution in [0.2, 0.25) is 0 Å². The van der Waals surface area contributed by atoms with Crippen LogP contribution in [0, 0.1) is 12.3 Å². The molecule has 1 aliphatic heterocycles. The molecule has 86 valence electrons. The highest BCUT2D eigenvalue weighted by atomic mass is 16.2. The van der Waals surface area contributed by atoms with Gasteiger partial charge in [0.15, 0.2) is 0 Å². The summed E-state index contributed by atoms with van der Waals surface area (Å²) in [6, 6.07) is 0. The Morgan fingerprint density at radius 2 is 2.25 bits per heavy atom. The molecule has 0 aromatic carbocycles. The molecule has 1 heterocycles. The first-order valence-electron chi connectivity index (χ1n) is 5.57. The molecule has 0 aliphatic carbocycles. The topological polar surface area (TPSA) is 23.6 Å². The summed E-state index contributed by atoms with van der Waals surface area (Å²) in [5.41, 5.74) is 0.807. The van der Waals surface area contributed by atoms with Crippen molar-refractivity contribution in [2.75, 3.05) is 26.2 Å². The number of hydrogen-bond donors (Lipinski definition) is 0. The summed E-state index contributed by atoms with van der Waals surface area (Å²) in [6.45, 7) is 6.60. The van der Waals surface area contributed by atoms with E-state index >= 15 is 0 Å². The Hall–Kier alpha value is -1.69. The van der Waals surface area contributed by atoms with Crippen LogP contribution in [0.15, 0.2) is 23.9 Å². The molecule has 1 aliphatic rings. The van der Waals surface area contributed by atoms with Gasteiger partial charge in [0.25, 0.3) is 5.91 Å². The monoisotopic (exact) mass is 218 g/mol. The molecule has 0 spiro atoms. The van der Waals surface area contributed by atoms with E-state index in [1.54, 1.807) is 0 Å². The van der Waals surface area contributed by atoms with Crippen molar-refractivity contribution in [2.45, 2.75) is 13.8 Å². The summed E-state index contributed by atoms with van der Waals surface area (Å²) in [5, 5.41) is 0. The van der Waals surface area contributed by atoms with Crippen molar-refractivity contribution in [3.05, 3.63) is 23.9 Å². The van der Waals surface area contributed by atoms with Gasteiger partial charge < -0.3 is 9.80 Å². The minimum atomic E-state index is 0.108. The van der Waals surface area contributed by atoms with Crippen molar-refractivity contribution in [1.29, 1.82) is 0 Å². The van der Waals surface area contributed by atoms with Gasteiger partial charge in [-0.2, -0.15) is 0 Å². The Morgan fingerprint density at radius 1 is 1.56 bits per heavy atom. The molecule has 0 saturated carbocycles. The Bertz CT molecular complexity index is 345. The maximum Gasteiger partial charge on any atom is 0.251 e. The van der Waals surface area contributed by atoms with Gasteiger partial charge in [0.1, 0.15) is 0 Å². The zero-order chi connectivity index (χ0) is 12.0. The van der Waals surface area contributed by atoms with Gasteiger partial charge in [-0.15, -0.1) is 6.42 Å². The highest BCUT2D eigenvalue weighted by Gasteiger charge is 2.18. The molecule has 0 aromatic rings. The molecule has 3 heteroatoms. The average molecular weight is 218 g/mol. The lowest BCUT2D eigenvalue weighted by molar-refractivity contribution is -0.127. The third kappa shape index (κ3) is 2.90. The van der Waals surface area contributed by atoms with Crippen LogP contribution in [0.1, 0.15) is 13.8 Å². The minimum Gasteiger partial charge on any atom is -0.362 e. The SMILES string of the molecule is C#CCN1C=CC=C(C(=O)N(CC)CC)C1. The molecule has 0 radical (unpaired) electrons. The van der Waals surface area contributed by atoms with Gasteiger partial charge in [0.2, 0.25) is 0 Å². The van der Waals surface area contributed by atoms with Crippen molar-refractivity contribution in [2.24, 2.45) is 0 Å². The fraction of sp³-hybridized carbons (Fsp3) is 0.462. The molecular formula is C13H18N2O. The Labute approximate surface area is 97.4 Å². The zero-order valence-electron chi connectivity index (χ0n) is 9.94. The molecule has 3 nitrogen and oxygen atoms in total. The number of carbonyl (C=O) groups is 1. The van der Waals surface area contributed by atoms with Crippen LogP contribution in [0.25, 0.3) is 0 Å². The number of terminal acetylenes is 1. The molecule has 16 heavy (non-hydrogen) atoms.